The number of nitrogens with one attached hydrogen (secondary N) is 1. The van der Waals surface area contributed by atoms with Gasteiger partial charge in [-0.2, -0.15) is 0 Å². The number of carbonyl (C=O) groups is 4. The highest BCUT2D eigenvalue weighted by molar-refractivity contribution is 7.09. The zero-order valence-corrected chi connectivity index (χ0v) is 25.0. The molecular weight excluding hydrogens is 530 g/mol. The van der Waals surface area contributed by atoms with Crippen LogP contribution in [0, 0.1) is 17.8 Å². The van der Waals surface area contributed by atoms with E-state index in [4.69, 9.17) is 9.47 Å². The van der Waals surface area contributed by atoms with Crippen molar-refractivity contribution < 1.29 is 28.7 Å². The smallest absolute Gasteiger partial charge is 0.308 e. The molecule has 4 atom stereocenters. The van der Waals surface area contributed by atoms with Gasteiger partial charge in [0.05, 0.1) is 13.0 Å². The van der Waals surface area contributed by atoms with Crippen molar-refractivity contribution in [2.45, 2.75) is 78.0 Å². The van der Waals surface area contributed by atoms with Crippen LogP contribution in [0.15, 0.2) is 35.7 Å². The van der Waals surface area contributed by atoms with E-state index in [2.05, 4.69) is 10.3 Å². The Bertz CT molecular complexity index is 1160. The highest BCUT2D eigenvalue weighted by Gasteiger charge is 2.37. The van der Waals surface area contributed by atoms with Gasteiger partial charge in [-0.15, -0.1) is 11.3 Å². The fourth-order valence-corrected chi connectivity index (χ4v) is 5.73. The van der Waals surface area contributed by atoms with Gasteiger partial charge < -0.3 is 19.7 Å². The topological polar surface area (TPSA) is 115 Å². The number of amides is 2. The Balaban J connectivity index is 1.77. The van der Waals surface area contributed by atoms with E-state index in [1.807, 2.05) is 44.2 Å². The maximum Gasteiger partial charge on any atom is 0.308 e. The van der Waals surface area contributed by atoms with Gasteiger partial charge >= 0.3 is 11.9 Å². The summed E-state index contributed by atoms with van der Waals surface area (Å²) in [6, 6.07) is 9.25. The molecule has 1 saturated carbocycles. The zero-order chi connectivity index (χ0) is 29.4. The number of esters is 2. The van der Waals surface area contributed by atoms with Crippen LogP contribution in [0.2, 0.25) is 0 Å². The quantitative estimate of drug-likeness (QED) is 0.330. The molecule has 2 amide bonds. The lowest BCUT2D eigenvalue weighted by molar-refractivity contribution is -0.148. The predicted octanol–water partition coefficient (Wildman–Crippen LogP) is 4.57. The molecule has 1 fully saturated rings. The van der Waals surface area contributed by atoms with Crippen LogP contribution in [-0.2, 0) is 30.3 Å². The first-order chi connectivity index (χ1) is 19.0. The zero-order valence-electron chi connectivity index (χ0n) is 24.2. The molecular formula is C30H41N3O6S. The van der Waals surface area contributed by atoms with Crippen molar-refractivity contribution in [3.8, 4) is 0 Å². The molecule has 1 aromatic carbocycles. The van der Waals surface area contributed by atoms with Crippen LogP contribution in [0.25, 0.3) is 0 Å². The van der Waals surface area contributed by atoms with Crippen molar-refractivity contribution in [2.24, 2.45) is 17.8 Å². The summed E-state index contributed by atoms with van der Waals surface area (Å²) in [4.78, 5) is 56.5. The van der Waals surface area contributed by atoms with Gasteiger partial charge in [0.1, 0.15) is 10.7 Å². The average molecular weight is 572 g/mol. The molecule has 4 unspecified atom stereocenters. The second kappa shape index (κ2) is 14.4. The average Bonchev–Trinajstić information content (AvgIpc) is 3.65. The Labute approximate surface area is 240 Å². The number of nitrogens with zero attached hydrogens (tertiary/aromatic N) is 2. The number of rotatable bonds is 14. The number of aromatic nitrogens is 1. The minimum Gasteiger partial charge on any atom is -0.469 e. The predicted molar refractivity (Wildman–Crippen MR) is 153 cm³/mol. The minimum atomic E-state index is -0.689. The number of thiazole rings is 1. The second-order valence-electron chi connectivity index (χ2n) is 11.0. The molecule has 1 heterocycles. The molecule has 9 nitrogen and oxygen atoms in total. The molecule has 10 heteroatoms. The summed E-state index contributed by atoms with van der Waals surface area (Å²) in [5.41, 5.74) is 1.24. The lowest BCUT2D eigenvalue weighted by Crippen LogP contribution is -2.42. The molecule has 3 rings (SSSR count). The van der Waals surface area contributed by atoms with Crippen molar-refractivity contribution in [1.29, 1.82) is 0 Å². The van der Waals surface area contributed by atoms with Gasteiger partial charge in [-0.1, -0.05) is 51.1 Å². The van der Waals surface area contributed by atoms with Crippen LogP contribution in [0.5, 0.6) is 0 Å². The van der Waals surface area contributed by atoms with Gasteiger partial charge in [-0.05, 0) is 37.2 Å². The third-order valence-corrected chi connectivity index (χ3v) is 8.17. The van der Waals surface area contributed by atoms with Crippen molar-refractivity contribution in [3.05, 3.63) is 52.0 Å². The van der Waals surface area contributed by atoms with Crippen molar-refractivity contribution in [1.82, 2.24) is 15.2 Å². The Hall–Kier alpha value is -3.27. The van der Waals surface area contributed by atoms with Crippen LogP contribution < -0.4 is 5.32 Å². The van der Waals surface area contributed by atoms with Gasteiger partial charge in [0.25, 0.3) is 5.91 Å². The van der Waals surface area contributed by atoms with E-state index in [1.54, 1.807) is 24.3 Å². The number of benzene rings is 1. The van der Waals surface area contributed by atoms with Crippen LogP contribution in [0.1, 0.15) is 80.5 Å². The van der Waals surface area contributed by atoms with Crippen LogP contribution in [0.3, 0.4) is 0 Å². The number of methoxy groups -OCH3 is 1. The maximum atomic E-state index is 13.3. The summed E-state index contributed by atoms with van der Waals surface area (Å²) in [7, 11) is 3.16. The first-order valence-electron chi connectivity index (χ1n) is 13.8. The lowest BCUT2D eigenvalue weighted by Gasteiger charge is -2.33. The Morgan fingerprint density at radius 1 is 1.10 bits per heavy atom. The normalized spacial score (nSPS) is 16.0. The Kier molecular flexibility index (Phi) is 11.2. The van der Waals surface area contributed by atoms with Gasteiger partial charge in [0.15, 0.2) is 6.10 Å². The van der Waals surface area contributed by atoms with Gasteiger partial charge in [0, 0.05) is 43.8 Å². The van der Waals surface area contributed by atoms with E-state index in [9.17, 15) is 19.2 Å². The van der Waals surface area contributed by atoms with E-state index in [0.29, 0.717) is 24.3 Å². The van der Waals surface area contributed by atoms with Gasteiger partial charge in [-0.3, -0.25) is 19.2 Å². The molecule has 0 aliphatic heterocycles. The molecule has 2 aromatic rings. The molecule has 1 N–H and O–H groups in total. The maximum absolute atomic E-state index is 13.3. The van der Waals surface area contributed by atoms with Gasteiger partial charge in [-0.25, -0.2) is 4.98 Å². The minimum absolute atomic E-state index is 0.0827. The largest absolute Gasteiger partial charge is 0.469 e. The summed E-state index contributed by atoms with van der Waals surface area (Å²) in [6.45, 7) is 7.19. The lowest BCUT2D eigenvalue weighted by atomic mass is 9.96. The summed E-state index contributed by atoms with van der Waals surface area (Å²) < 4.78 is 10.5. The number of hydrogen-bond acceptors (Lipinski definition) is 8. The third-order valence-electron chi connectivity index (χ3n) is 7.24. The third kappa shape index (κ3) is 8.87. The molecule has 1 aromatic heterocycles. The number of ether oxygens (including phenoxy) is 2. The summed E-state index contributed by atoms with van der Waals surface area (Å²) in [5, 5.41) is 5.18. The Morgan fingerprint density at radius 3 is 2.35 bits per heavy atom. The van der Waals surface area contributed by atoms with E-state index in [0.717, 1.165) is 18.4 Å². The van der Waals surface area contributed by atoms with E-state index >= 15 is 0 Å². The fraction of sp³-hybridized carbons (Fsp3) is 0.567. The van der Waals surface area contributed by atoms with Crippen LogP contribution in [0.4, 0.5) is 0 Å². The van der Waals surface area contributed by atoms with Crippen LogP contribution in [-0.4, -0.2) is 59.9 Å². The molecule has 1 aliphatic rings. The van der Waals surface area contributed by atoms with Gasteiger partial charge in [0.2, 0.25) is 5.91 Å². The van der Waals surface area contributed by atoms with E-state index < -0.39 is 18.0 Å². The Morgan fingerprint density at radius 2 is 1.77 bits per heavy atom. The highest BCUT2D eigenvalue weighted by atomic mass is 32.1. The molecule has 1 aliphatic carbocycles. The summed E-state index contributed by atoms with van der Waals surface area (Å²) >= 11 is 1.25. The van der Waals surface area contributed by atoms with Crippen molar-refractivity contribution in [2.75, 3.05) is 14.2 Å². The molecule has 0 saturated heterocycles. The summed E-state index contributed by atoms with van der Waals surface area (Å²) in [5.74, 6) is -1.24. The molecule has 0 bridgehead atoms. The monoisotopic (exact) mass is 571 g/mol. The van der Waals surface area contributed by atoms with E-state index in [1.165, 1.54) is 25.4 Å². The first-order valence-corrected chi connectivity index (χ1v) is 14.7. The number of hydrogen-bond donors (Lipinski definition) is 1. The fourth-order valence-electron chi connectivity index (χ4n) is 4.89. The first kappa shape index (κ1) is 31.3. The van der Waals surface area contributed by atoms with Crippen molar-refractivity contribution >= 4 is 35.1 Å². The van der Waals surface area contributed by atoms with Crippen LogP contribution >= 0.6 is 11.3 Å². The van der Waals surface area contributed by atoms with Crippen molar-refractivity contribution in [3.63, 3.8) is 0 Å². The SMILES string of the molecule is COC(=O)C(C)CC(Cc1ccccc1)NC(=O)c1csc(C(CC(C(C)C)N(C)C(=O)C2CC2)OC(C)=O)n1. The molecule has 0 spiro atoms. The molecule has 218 valence electrons. The highest BCUT2D eigenvalue weighted by Crippen LogP contribution is 2.35. The molecule has 0 radical (unpaired) electrons. The summed E-state index contributed by atoms with van der Waals surface area (Å²) in [6.07, 6.45) is 2.46. The second-order valence-corrected chi connectivity index (χ2v) is 11.8. The van der Waals surface area contributed by atoms with E-state index in [-0.39, 0.29) is 47.4 Å². The standard InChI is InChI=1S/C30H41N3O6S/c1-18(2)25(33(5)29(36)22-12-13-22)16-26(39-20(4)34)28-32-24(17-40-28)27(35)31-23(14-19(3)30(37)38-6)15-21-10-8-7-9-11-21/h7-11,17-19,22-23,25-26H,12-16H2,1-6H3,(H,31,35). The number of carbonyl (C=O) groups excluding carboxylic acids is 4. The molecule has 40 heavy (non-hydrogen) atoms.